The molecule has 1 amide bonds. The van der Waals surface area contributed by atoms with Crippen LogP contribution >= 0.6 is 0 Å². The molecule has 1 aliphatic heterocycles. The average Bonchev–Trinajstić information content (AvgIpc) is 2.55. The fourth-order valence-electron chi connectivity index (χ4n) is 3.15. The van der Waals surface area contributed by atoms with Gasteiger partial charge >= 0.3 is 0 Å². The summed E-state index contributed by atoms with van der Waals surface area (Å²) in [5, 5.41) is 3.02. The molecular weight excluding hydrogens is 321 g/mol. The number of amides is 1. The molecule has 25 heavy (non-hydrogen) atoms. The lowest BCUT2D eigenvalue weighted by Crippen LogP contribution is -2.41. The molecule has 2 aromatic rings. The lowest BCUT2D eigenvalue weighted by Gasteiger charge is -2.38. The Morgan fingerprint density at radius 3 is 2.80 bits per heavy atom. The number of rotatable bonds is 4. The highest BCUT2D eigenvalue weighted by atomic mass is 19.1. The van der Waals surface area contributed by atoms with E-state index in [0.717, 1.165) is 5.56 Å². The van der Waals surface area contributed by atoms with Crippen molar-refractivity contribution < 1.29 is 18.7 Å². The molecule has 2 aromatic carbocycles. The van der Waals surface area contributed by atoms with Crippen molar-refractivity contribution in [3.8, 4) is 11.5 Å². The Morgan fingerprint density at radius 2 is 2.08 bits per heavy atom. The summed E-state index contributed by atoms with van der Waals surface area (Å²) in [5.41, 5.74) is 0.873. The molecule has 0 saturated heterocycles. The molecule has 0 bridgehead atoms. The predicted molar refractivity (Wildman–Crippen MR) is 93.3 cm³/mol. The number of methoxy groups -OCH3 is 1. The highest BCUT2D eigenvalue weighted by Gasteiger charge is 2.34. The molecule has 3 rings (SSSR count). The zero-order valence-corrected chi connectivity index (χ0v) is 14.6. The predicted octanol–water partition coefficient (Wildman–Crippen LogP) is 3.80. The zero-order valence-electron chi connectivity index (χ0n) is 14.6. The standard InChI is InChI=1S/C20H22FNO3/c1-20(2)12-17(15-9-8-14(24-3)11-18(15)25-20)22-19(23)10-13-6-4-5-7-16(13)21/h4-9,11,17H,10,12H2,1-3H3,(H,22,23). The first kappa shape index (κ1) is 17.3. The van der Waals surface area contributed by atoms with Crippen LogP contribution in [-0.2, 0) is 11.2 Å². The Hall–Kier alpha value is -2.56. The third-order valence-corrected chi connectivity index (χ3v) is 4.32. The zero-order chi connectivity index (χ0) is 18.0. The molecule has 1 atom stereocenters. The van der Waals surface area contributed by atoms with Crippen molar-refractivity contribution in [2.45, 2.75) is 38.3 Å². The van der Waals surface area contributed by atoms with E-state index in [-0.39, 0.29) is 24.2 Å². The van der Waals surface area contributed by atoms with Crippen LogP contribution in [-0.4, -0.2) is 18.6 Å². The van der Waals surface area contributed by atoms with Crippen molar-refractivity contribution >= 4 is 5.91 Å². The van der Waals surface area contributed by atoms with Gasteiger partial charge in [-0.2, -0.15) is 0 Å². The van der Waals surface area contributed by atoms with Gasteiger partial charge in [0.05, 0.1) is 19.6 Å². The Kier molecular flexibility index (Phi) is 4.66. The molecule has 1 heterocycles. The number of halogens is 1. The third kappa shape index (κ3) is 3.92. The molecule has 1 aliphatic rings. The monoisotopic (exact) mass is 343 g/mol. The smallest absolute Gasteiger partial charge is 0.225 e. The normalized spacial score (nSPS) is 18.0. The molecule has 132 valence electrons. The van der Waals surface area contributed by atoms with Crippen molar-refractivity contribution in [1.82, 2.24) is 5.32 Å². The summed E-state index contributed by atoms with van der Waals surface area (Å²) in [6.07, 6.45) is 0.644. The highest BCUT2D eigenvalue weighted by molar-refractivity contribution is 5.79. The van der Waals surface area contributed by atoms with E-state index < -0.39 is 5.60 Å². The van der Waals surface area contributed by atoms with Gasteiger partial charge in [0.2, 0.25) is 5.91 Å². The van der Waals surface area contributed by atoms with E-state index in [9.17, 15) is 9.18 Å². The van der Waals surface area contributed by atoms with Gasteiger partial charge in [-0.25, -0.2) is 4.39 Å². The number of carbonyl (C=O) groups excluding carboxylic acids is 1. The van der Waals surface area contributed by atoms with Crippen LogP contribution < -0.4 is 14.8 Å². The second kappa shape index (κ2) is 6.75. The van der Waals surface area contributed by atoms with E-state index in [1.165, 1.54) is 6.07 Å². The van der Waals surface area contributed by atoms with Crippen LogP contribution in [0.15, 0.2) is 42.5 Å². The molecule has 4 nitrogen and oxygen atoms in total. The van der Waals surface area contributed by atoms with Gasteiger partial charge in [0.25, 0.3) is 0 Å². The largest absolute Gasteiger partial charge is 0.497 e. The minimum atomic E-state index is -0.421. The molecule has 0 aromatic heterocycles. The van der Waals surface area contributed by atoms with Crippen LogP contribution in [0.25, 0.3) is 0 Å². The van der Waals surface area contributed by atoms with Gasteiger partial charge in [0.15, 0.2) is 0 Å². The van der Waals surface area contributed by atoms with E-state index in [4.69, 9.17) is 9.47 Å². The van der Waals surface area contributed by atoms with Crippen molar-refractivity contribution in [2.24, 2.45) is 0 Å². The Morgan fingerprint density at radius 1 is 1.32 bits per heavy atom. The quantitative estimate of drug-likeness (QED) is 0.919. The van der Waals surface area contributed by atoms with Crippen LogP contribution in [0.5, 0.6) is 11.5 Å². The van der Waals surface area contributed by atoms with Gasteiger partial charge in [0.1, 0.15) is 22.9 Å². The summed E-state index contributed by atoms with van der Waals surface area (Å²) in [6.45, 7) is 3.96. The van der Waals surface area contributed by atoms with Crippen LogP contribution in [0, 0.1) is 5.82 Å². The maximum Gasteiger partial charge on any atom is 0.225 e. The van der Waals surface area contributed by atoms with E-state index >= 15 is 0 Å². The molecule has 1 unspecified atom stereocenters. The van der Waals surface area contributed by atoms with Gasteiger partial charge in [-0.05, 0) is 37.6 Å². The number of ether oxygens (including phenoxy) is 2. The number of benzene rings is 2. The van der Waals surface area contributed by atoms with Gasteiger partial charge in [-0.1, -0.05) is 18.2 Å². The summed E-state index contributed by atoms with van der Waals surface area (Å²) >= 11 is 0. The fourth-order valence-corrected chi connectivity index (χ4v) is 3.15. The average molecular weight is 343 g/mol. The van der Waals surface area contributed by atoms with Gasteiger partial charge in [-0.3, -0.25) is 4.79 Å². The van der Waals surface area contributed by atoms with Crippen molar-refractivity contribution in [1.29, 1.82) is 0 Å². The summed E-state index contributed by atoms with van der Waals surface area (Å²) in [6, 6.07) is 11.7. The lowest BCUT2D eigenvalue weighted by atomic mass is 9.89. The first-order valence-electron chi connectivity index (χ1n) is 8.28. The van der Waals surface area contributed by atoms with E-state index in [1.807, 2.05) is 32.0 Å². The Bertz CT molecular complexity index is 788. The number of carbonyl (C=O) groups is 1. The van der Waals surface area contributed by atoms with Crippen LogP contribution in [0.2, 0.25) is 0 Å². The number of fused-ring (bicyclic) bond motifs is 1. The number of hydrogen-bond donors (Lipinski definition) is 1. The third-order valence-electron chi connectivity index (χ3n) is 4.32. The van der Waals surface area contributed by atoms with Gasteiger partial charge in [0, 0.05) is 18.1 Å². The minimum Gasteiger partial charge on any atom is -0.497 e. The molecule has 1 N–H and O–H groups in total. The van der Waals surface area contributed by atoms with Gasteiger partial charge in [-0.15, -0.1) is 0 Å². The van der Waals surface area contributed by atoms with E-state index in [0.29, 0.717) is 23.5 Å². The van der Waals surface area contributed by atoms with Crippen molar-refractivity contribution in [3.05, 3.63) is 59.4 Å². The second-order valence-corrected chi connectivity index (χ2v) is 6.86. The fraction of sp³-hybridized carbons (Fsp3) is 0.350. The van der Waals surface area contributed by atoms with Crippen LogP contribution in [0.1, 0.15) is 37.4 Å². The second-order valence-electron chi connectivity index (χ2n) is 6.86. The Labute approximate surface area is 147 Å². The molecule has 0 fully saturated rings. The van der Waals surface area contributed by atoms with E-state index in [1.54, 1.807) is 25.3 Å². The molecule has 0 saturated carbocycles. The van der Waals surface area contributed by atoms with Crippen molar-refractivity contribution in [2.75, 3.05) is 7.11 Å². The molecule has 0 spiro atoms. The summed E-state index contributed by atoms with van der Waals surface area (Å²) in [4.78, 5) is 12.4. The maximum absolute atomic E-state index is 13.8. The van der Waals surface area contributed by atoms with Crippen LogP contribution in [0.4, 0.5) is 4.39 Å². The number of hydrogen-bond acceptors (Lipinski definition) is 3. The summed E-state index contributed by atoms with van der Waals surface area (Å²) in [7, 11) is 1.60. The molecule has 0 aliphatic carbocycles. The highest BCUT2D eigenvalue weighted by Crippen LogP contribution is 2.41. The lowest BCUT2D eigenvalue weighted by molar-refractivity contribution is -0.121. The number of nitrogens with one attached hydrogen (secondary N) is 1. The topological polar surface area (TPSA) is 47.6 Å². The van der Waals surface area contributed by atoms with E-state index in [2.05, 4.69) is 5.32 Å². The SMILES string of the molecule is COc1ccc2c(c1)OC(C)(C)CC2NC(=O)Cc1ccccc1F. The first-order valence-corrected chi connectivity index (χ1v) is 8.28. The summed E-state index contributed by atoms with van der Waals surface area (Å²) < 4.78 is 25.0. The summed E-state index contributed by atoms with van der Waals surface area (Å²) in [5.74, 6) is 0.823. The van der Waals surface area contributed by atoms with Crippen LogP contribution in [0.3, 0.4) is 0 Å². The van der Waals surface area contributed by atoms with Crippen molar-refractivity contribution in [3.63, 3.8) is 0 Å². The molecule has 5 heteroatoms. The van der Waals surface area contributed by atoms with Gasteiger partial charge < -0.3 is 14.8 Å². The Balaban J connectivity index is 1.80. The molecule has 0 radical (unpaired) electrons. The first-order chi connectivity index (χ1) is 11.9. The minimum absolute atomic E-state index is 0.00987. The molecular formula is C20H22FNO3. The maximum atomic E-state index is 13.8.